The number of rotatable bonds is 4. The Balaban J connectivity index is 2.99. The van der Waals surface area contributed by atoms with Crippen LogP contribution in [0.5, 0.6) is 0 Å². The zero-order chi connectivity index (χ0) is 11.5. The molecule has 0 amide bonds. The number of hydrogen-bond acceptors (Lipinski definition) is 3. The van der Waals surface area contributed by atoms with E-state index in [2.05, 4.69) is 31.1 Å². The molecule has 0 aliphatic rings. The molecule has 3 N–H and O–H groups in total. The molecule has 15 heavy (non-hydrogen) atoms. The monoisotopic (exact) mass is 223 g/mol. The molecular formula is C11H17N3S. The topological polar surface area (TPSA) is 50.9 Å². The van der Waals surface area contributed by atoms with Gasteiger partial charge in [0, 0.05) is 17.3 Å². The third-order valence-electron chi connectivity index (χ3n) is 2.44. The summed E-state index contributed by atoms with van der Waals surface area (Å²) in [7, 11) is 0. The second-order valence-corrected chi connectivity index (χ2v) is 4.59. The molecule has 0 atom stereocenters. The predicted octanol–water partition coefficient (Wildman–Crippen LogP) is 2.32. The molecule has 1 aromatic heterocycles. The second-order valence-electron chi connectivity index (χ2n) is 4.15. The fourth-order valence-corrected chi connectivity index (χ4v) is 1.34. The molecule has 1 heterocycles. The summed E-state index contributed by atoms with van der Waals surface area (Å²) < 4.78 is 0. The van der Waals surface area contributed by atoms with E-state index in [9.17, 15) is 0 Å². The van der Waals surface area contributed by atoms with Gasteiger partial charge >= 0.3 is 0 Å². The van der Waals surface area contributed by atoms with Gasteiger partial charge in [-0.05, 0) is 26.3 Å². The Morgan fingerprint density at radius 3 is 2.80 bits per heavy atom. The van der Waals surface area contributed by atoms with Crippen molar-refractivity contribution < 1.29 is 0 Å². The van der Waals surface area contributed by atoms with E-state index >= 15 is 0 Å². The van der Waals surface area contributed by atoms with Crippen molar-refractivity contribution in [3.63, 3.8) is 0 Å². The predicted molar refractivity (Wildman–Crippen MR) is 68.1 cm³/mol. The van der Waals surface area contributed by atoms with Crippen LogP contribution < -0.4 is 11.1 Å². The van der Waals surface area contributed by atoms with Crippen LogP contribution in [0.15, 0.2) is 18.5 Å². The lowest BCUT2D eigenvalue weighted by molar-refractivity contribution is 0.547. The van der Waals surface area contributed by atoms with Crippen molar-refractivity contribution >= 4 is 22.9 Å². The minimum Gasteiger partial charge on any atom is -0.389 e. The van der Waals surface area contributed by atoms with Gasteiger partial charge in [0.05, 0.1) is 11.9 Å². The molecule has 0 aliphatic heterocycles. The maximum Gasteiger partial charge on any atom is 0.106 e. The van der Waals surface area contributed by atoms with Crippen molar-refractivity contribution in [3.8, 4) is 0 Å². The van der Waals surface area contributed by atoms with Crippen LogP contribution >= 0.6 is 12.2 Å². The Hall–Kier alpha value is -1.16. The van der Waals surface area contributed by atoms with Crippen LogP contribution in [-0.2, 0) is 0 Å². The van der Waals surface area contributed by atoms with Gasteiger partial charge in [0.15, 0.2) is 0 Å². The van der Waals surface area contributed by atoms with Gasteiger partial charge in [0.2, 0.25) is 0 Å². The SMILES string of the molecule is CCC(C)(C)Nc1cnccc1C(N)=S. The van der Waals surface area contributed by atoms with Gasteiger partial charge in [-0.3, -0.25) is 4.98 Å². The minimum atomic E-state index is 0.0164. The van der Waals surface area contributed by atoms with Crippen molar-refractivity contribution in [2.45, 2.75) is 32.7 Å². The fourth-order valence-electron chi connectivity index (χ4n) is 1.16. The first-order valence-electron chi connectivity index (χ1n) is 4.98. The van der Waals surface area contributed by atoms with Crippen molar-refractivity contribution in [1.29, 1.82) is 0 Å². The van der Waals surface area contributed by atoms with Crippen molar-refractivity contribution in [2.75, 3.05) is 5.32 Å². The summed E-state index contributed by atoms with van der Waals surface area (Å²) in [6, 6.07) is 1.83. The van der Waals surface area contributed by atoms with Crippen LogP contribution in [0.3, 0.4) is 0 Å². The van der Waals surface area contributed by atoms with Crippen LogP contribution in [-0.4, -0.2) is 15.5 Å². The smallest absolute Gasteiger partial charge is 0.106 e. The highest BCUT2D eigenvalue weighted by molar-refractivity contribution is 7.80. The lowest BCUT2D eigenvalue weighted by Crippen LogP contribution is -2.31. The summed E-state index contributed by atoms with van der Waals surface area (Å²) in [5.74, 6) is 0. The molecule has 0 radical (unpaired) electrons. The number of anilines is 1. The molecule has 0 spiro atoms. The van der Waals surface area contributed by atoms with E-state index in [-0.39, 0.29) is 5.54 Å². The highest BCUT2D eigenvalue weighted by atomic mass is 32.1. The molecule has 0 aromatic carbocycles. The van der Waals surface area contributed by atoms with E-state index in [0.717, 1.165) is 17.7 Å². The quantitative estimate of drug-likeness (QED) is 0.769. The average Bonchev–Trinajstić information content (AvgIpc) is 2.18. The normalized spacial score (nSPS) is 11.1. The molecule has 82 valence electrons. The maximum atomic E-state index is 5.64. The lowest BCUT2D eigenvalue weighted by Gasteiger charge is -2.26. The number of pyridine rings is 1. The standard InChI is InChI=1S/C11H17N3S/c1-4-11(2,3)14-9-7-13-6-5-8(9)10(12)15/h5-7,14H,4H2,1-3H3,(H2,12,15). The number of aromatic nitrogens is 1. The third-order valence-corrected chi connectivity index (χ3v) is 2.66. The lowest BCUT2D eigenvalue weighted by atomic mass is 10.0. The Labute approximate surface area is 96.1 Å². The van der Waals surface area contributed by atoms with E-state index in [1.165, 1.54) is 0 Å². The van der Waals surface area contributed by atoms with Crippen LogP contribution in [0.1, 0.15) is 32.8 Å². The molecule has 0 fully saturated rings. The first-order chi connectivity index (χ1) is 6.96. The minimum absolute atomic E-state index is 0.0164. The number of thiocarbonyl (C=S) groups is 1. The Kier molecular flexibility index (Phi) is 3.63. The molecule has 3 nitrogen and oxygen atoms in total. The van der Waals surface area contributed by atoms with E-state index < -0.39 is 0 Å². The first-order valence-corrected chi connectivity index (χ1v) is 5.39. The van der Waals surface area contributed by atoms with Gasteiger partial charge in [0.1, 0.15) is 4.99 Å². The van der Waals surface area contributed by atoms with Crippen molar-refractivity contribution in [2.24, 2.45) is 5.73 Å². The molecule has 1 aromatic rings. The first kappa shape index (κ1) is 11.9. The van der Waals surface area contributed by atoms with E-state index in [1.807, 2.05) is 6.07 Å². The van der Waals surface area contributed by atoms with Gasteiger partial charge in [-0.25, -0.2) is 0 Å². The maximum absolute atomic E-state index is 5.64. The number of hydrogen-bond donors (Lipinski definition) is 2. The van der Waals surface area contributed by atoms with Crippen molar-refractivity contribution in [3.05, 3.63) is 24.0 Å². The molecule has 0 bridgehead atoms. The van der Waals surface area contributed by atoms with Gasteiger partial charge in [-0.1, -0.05) is 19.1 Å². The Bertz CT molecular complexity index is 361. The molecular weight excluding hydrogens is 206 g/mol. The summed E-state index contributed by atoms with van der Waals surface area (Å²) in [6.45, 7) is 6.39. The number of nitrogens with two attached hydrogens (primary N) is 1. The summed E-state index contributed by atoms with van der Waals surface area (Å²) in [4.78, 5) is 4.46. The Morgan fingerprint density at radius 1 is 1.60 bits per heavy atom. The summed E-state index contributed by atoms with van der Waals surface area (Å²) in [6.07, 6.45) is 4.46. The Morgan fingerprint density at radius 2 is 2.27 bits per heavy atom. The molecule has 0 unspecified atom stereocenters. The van der Waals surface area contributed by atoms with E-state index in [0.29, 0.717) is 4.99 Å². The zero-order valence-corrected chi connectivity index (χ0v) is 10.2. The fraction of sp³-hybridized carbons (Fsp3) is 0.455. The van der Waals surface area contributed by atoms with E-state index in [4.69, 9.17) is 18.0 Å². The van der Waals surface area contributed by atoms with Crippen LogP contribution in [0.25, 0.3) is 0 Å². The van der Waals surface area contributed by atoms with Crippen LogP contribution in [0, 0.1) is 0 Å². The van der Waals surface area contributed by atoms with Crippen molar-refractivity contribution in [1.82, 2.24) is 4.98 Å². The summed E-state index contributed by atoms with van der Waals surface area (Å²) in [5.41, 5.74) is 7.40. The second kappa shape index (κ2) is 4.57. The van der Waals surface area contributed by atoms with Gasteiger partial charge < -0.3 is 11.1 Å². The molecule has 4 heteroatoms. The third kappa shape index (κ3) is 3.16. The van der Waals surface area contributed by atoms with Gasteiger partial charge in [-0.2, -0.15) is 0 Å². The van der Waals surface area contributed by atoms with E-state index in [1.54, 1.807) is 12.4 Å². The highest BCUT2D eigenvalue weighted by Crippen LogP contribution is 2.20. The number of nitrogens with one attached hydrogen (secondary N) is 1. The van der Waals surface area contributed by atoms with Crippen LogP contribution in [0.4, 0.5) is 5.69 Å². The summed E-state index contributed by atoms with van der Waals surface area (Å²) in [5, 5.41) is 3.39. The molecule has 0 saturated carbocycles. The van der Waals surface area contributed by atoms with Gasteiger partial charge in [-0.15, -0.1) is 0 Å². The molecule has 1 rings (SSSR count). The molecule has 0 aliphatic carbocycles. The summed E-state index contributed by atoms with van der Waals surface area (Å²) >= 11 is 4.98. The average molecular weight is 223 g/mol. The highest BCUT2D eigenvalue weighted by Gasteiger charge is 2.16. The zero-order valence-electron chi connectivity index (χ0n) is 9.37. The molecule has 0 saturated heterocycles. The largest absolute Gasteiger partial charge is 0.389 e. The number of nitrogens with zero attached hydrogens (tertiary/aromatic N) is 1. The van der Waals surface area contributed by atoms with Crippen LogP contribution in [0.2, 0.25) is 0 Å². The van der Waals surface area contributed by atoms with Gasteiger partial charge in [0.25, 0.3) is 0 Å².